The summed E-state index contributed by atoms with van der Waals surface area (Å²) >= 11 is 0. The molecule has 3 nitrogen and oxygen atoms in total. The Morgan fingerprint density at radius 1 is 1.05 bits per heavy atom. The molecule has 2 aromatic carbocycles. The van der Waals surface area contributed by atoms with E-state index in [0.717, 1.165) is 42.1 Å². The van der Waals surface area contributed by atoms with E-state index < -0.39 is 0 Å². The normalized spacial score (nSPS) is 10.4. The molecular formula is C18H23NO2. The number of hydrogen-bond donors (Lipinski definition) is 2. The lowest BCUT2D eigenvalue weighted by atomic mass is 10.1. The van der Waals surface area contributed by atoms with Gasteiger partial charge in [-0.05, 0) is 49.6 Å². The van der Waals surface area contributed by atoms with E-state index in [1.165, 1.54) is 5.56 Å². The average Bonchev–Trinajstić information content (AvgIpc) is 2.51. The van der Waals surface area contributed by atoms with Crippen molar-refractivity contribution >= 4 is 5.69 Å². The van der Waals surface area contributed by atoms with E-state index in [9.17, 15) is 5.11 Å². The second-order valence-electron chi connectivity index (χ2n) is 5.25. The molecule has 0 aliphatic rings. The molecule has 0 aliphatic carbocycles. The van der Waals surface area contributed by atoms with Crippen LogP contribution >= 0.6 is 0 Å². The first-order valence-corrected chi connectivity index (χ1v) is 7.36. The maximum Gasteiger partial charge on any atom is 0.123 e. The summed E-state index contributed by atoms with van der Waals surface area (Å²) < 4.78 is 5.57. The van der Waals surface area contributed by atoms with Crippen molar-refractivity contribution in [3.63, 3.8) is 0 Å². The molecule has 0 saturated heterocycles. The van der Waals surface area contributed by atoms with Gasteiger partial charge in [0, 0.05) is 17.8 Å². The summed E-state index contributed by atoms with van der Waals surface area (Å²) in [7, 11) is 0. The zero-order valence-corrected chi connectivity index (χ0v) is 12.9. The van der Waals surface area contributed by atoms with Crippen LogP contribution in [0.5, 0.6) is 11.5 Å². The van der Waals surface area contributed by atoms with Crippen LogP contribution in [0.3, 0.4) is 0 Å². The second kappa shape index (κ2) is 7.02. The highest BCUT2D eigenvalue weighted by Crippen LogP contribution is 2.28. The van der Waals surface area contributed by atoms with Gasteiger partial charge in [-0.1, -0.05) is 25.1 Å². The van der Waals surface area contributed by atoms with E-state index in [1.54, 1.807) is 0 Å². The molecule has 0 spiro atoms. The standard InChI is InChI=1S/C18H23NO2/c1-4-11-21-16-8-6-15(7-9-16)12-19-17-10-5-13(2)18(20)14(17)3/h5-10,19-20H,4,11-12H2,1-3H3. The van der Waals surface area contributed by atoms with Gasteiger partial charge in [-0.2, -0.15) is 0 Å². The smallest absolute Gasteiger partial charge is 0.123 e. The molecule has 0 amide bonds. The molecule has 0 heterocycles. The largest absolute Gasteiger partial charge is 0.507 e. The third-order valence-corrected chi connectivity index (χ3v) is 3.51. The first-order chi connectivity index (χ1) is 10.1. The topological polar surface area (TPSA) is 41.5 Å². The van der Waals surface area contributed by atoms with E-state index >= 15 is 0 Å². The lowest BCUT2D eigenvalue weighted by Crippen LogP contribution is -2.02. The lowest BCUT2D eigenvalue weighted by Gasteiger charge is -2.13. The molecule has 0 atom stereocenters. The number of hydrogen-bond acceptors (Lipinski definition) is 3. The minimum Gasteiger partial charge on any atom is -0.507 e. The van der Waals surface area contributed by atoms with Crippen LogP contribution in [-0.4, -0.2) is 11.7 Å². The van der Waals surface area contributed by atoms with Gasteiger partial charge in [0.2, 0.25) is 0 Å². The maximum absolute atomic E-state index is 9.95. The van der Waals surface area contributed by atoms with Crippen molar-refractivity contribution in [2.24, 2.45) is 0 Å². The molecule has 0 radical (unpaired) electrons. The van der Waals surface area contributed by atoms with Crippen LogP contribution in [0.25, 0.3) is 0 Å². The number of anilines is 1. The van der Waals surface area contributed by atoms with Gasteiger partial charge in [0.1, 0.15) is 11.5 Å². The van der Waals surface area contributed by atoms with Crippen LogP contribution < -0.4 is 10.1 Å². The van der Waals surface area contributed by atoms with Gasteiger partial charge in [-0.25, -0.2) is 0 Å². The molecular weight excluding hydrogens is 262 g/mol. The Morgan fingerprint density at radius 3 is 2.43 bits per heavy atom. The van der Waals surface area contributed by atoms with Crippen LogP contribution in [0.2, 0.25) is 0 Å². The lowest BCUT2D eigenvalue weighted by molar-refractivity contribution is 0.317. The summed E-state index contributed by atoms with van der Waals surface area (Å²) in [5.74, 6) is 1.27. The molecule has 3 heteroatoms. The molecule has 0 aliphatic heterocycles. The van der Waals surface area contributed by atoms with E-state index in [-0.39, 0.29) is 0 Å². The van der Waals surface area contributed by atoms with Crippen LogP contribution in [0.4, 0.5) is 5.69 Å². The van der Waals surface area contributed by atoms with E-state index in [2.05, 4.69) is 24.4 Å². The van der Waals surface area contributed by atoms with Gasteiger partial charge in [-0.3, -0.25) is 0 Å². The van der Waals surface area contributed by atoms with E-state index in [4.69, 9.17) is 4.74 Å². The number of benzene rings is 2. The Balaban J connectivity index is 1.98. The van der Waals surface area contributed by atoms with Crippen molar-refractivity contribution < 1.29 is 9.84 Å². The predicted molar refractivity (Wildman–Crippen MR) is 87.1 cm³/mol. The average molecular weight is 285 g/mol. The Bertz CT molecular complexity index is 591. The van der Waals surface area contributed by atoms with Crippen molar-refractivity contribution in [1.82, 2.24) is 0 Å². The Hall–Kier alpha value is -2.16. The number of rotatable bonds is 6. The zero-order chi connectivity index (χ0) is 15.2. The van der Waals surface area contributed by atoms with Crippen molar-refractivity contribution in [1.29, 1.82) is 0 Å². The second-order valence-corrected chi connectivity index (χ2v) is 5.25. The third kappa shape index (κ3) is 3.91. The van der Waals surface area contributed by atoms with E-state index in [0.29, 0.717) is 5.75 Å². The van der Waals surface area contributed by atoms with Gasteiger partial charge in [0.05, 0.1) is 6.61 Å². The molecule has 0 saturated carbocycles. The van der Waals surface area contributed by atoms with E-state index in [1.807, 2.05) is 38.1 Å². The van der Waals surface area contributed by atoms with Gasteiger partial charge in [0.25, 0.3) is 0 Å². The summed E-state index contributed by atoms with van der Waals surface area (Å²) in [6, 6.07) is 12.0. The van der Waals surface area contributed by atoms with Crippen LogP contribution in [0.15, 0.2) is 36.4 Å². The number of aromatic hydroxyl groups is 1. The SMILES string of the molecule is CCCOc1ccc(CNc2ccc(C)c(O)c2C)cc1. The Labute approximate surface area is 126 Å². The maximum atomic E-state index is 9.95. The summed E-state index contributed by atoms with van der Waals surface area (Å²) in [5, 5.41) is 13.3. The van der Waals surface area contributed by atoms with Gasteiger partial charge in [0.15, 0.2) is 0 Å². The molecule has 2 aromatic rings. The molecule has 112 valence electrons. The molecule has 2 N–H and O–H groups in total. The summed E-state index contributed by atoms with van der Waals surface area (Å²) in [4.78, 5) is 0. The van der Waals surface area contributed by atoms with Crippen LogP contribution in [-0.2, 0) is 6.54 Å². The van der Waals surface area contributed by atoms with Crippen LogP contribution in [0.1, 0.15) is 30.0 Å². The number of phenols is 1. The quantitative estimate of drug-likeness (QED) is 0.826. The fourth-order valence-corrected chi connectivity index (χ4v) is 2.15. The minimum atomic E-state index is 0.364. The molecule has 0 unspecified atom stereocenters. The van der Waals surface area contributed by atoms with Crippen molar-refractivity contribution in [3.8, 4) is 11.5 Å². The fourth-order valence-electron chi connectivity index (χ4n) is 2.15. The fraction of sp³-hybridized carbons (Fsp3) is 0.333. The summed E-state index contributed by atoms with van der Waals surface area (Å²) in [6.45, 7) is 7.39. The number of aryl methyl sites for hydroxylation is 1. The third-order valence-electron chi connectivity index (χ3n) is 3.51. The zero-order valence-electron chi connectivity index (χ0n) is 12.9. The summed E-state index contributed by atoms with van der Waals surface area (Å²) in [5.41, 5.74) is 3.93. The first-order valence-electron chi connectivity index (χ1n) is 7.36. The molecule has 21 heavy (non-hydrogen) atoms. The number of phenolic OH excluding ortho intramolecular Hbond substituents is 1. The Morgan fingerprint density at radius 2 is 1.76 bits per heavy atom. The monoisotopic (exact) mass is 285 g/mol. The minimum absolute atomic E-state index is 0.364. The predicted octanol–water partition coefficient (Wildman–Crippen LogP) is 4.41. The van der Waals surface area contributed by atoms with Crippen molar-refractivity contribution in [3.05, 3.63) is 53.1 Å². The van der Waals surface area contributed by atoms with Crippen molar-refractivity contribution in [2.45, 2.75) is 33.7 Å². The molecule has 0 fully saturated rings. The molecule has 0 aromatic heterocycles. The molecule has 0 bridgehead atoms. The molecule has 2 rings (SSSR count). The highest BCUT2D eigenvalue weighted by Gasteiger charge is 2.05. The summed E-state index contributed by atoms with van der Waals surface area (Å²) in [6.07, 6.45) is 1.01. The van der Waals surface area contributed by atoms with Gasteiger partial charge < -0.3 is 15.2 Å². The highest BCUT2D eigenvalue weighted by molar-refractivity contribution is 5.59. The Kier molecular flexibility index (Phi) is 5.09. The number of ether oxygens (including phenoxy) is 1. The van der Waals surface area contributed by atoms with Crippen LogP contribution in [0, 0.1) is 13.8 Å². The highest BCUT2D eigenvalue weighted by atomic mass is 16.5. The van der Waals surface area contributed by atoms with Crippen molar-refractivity contribution in [2.75, 3.05) is 11.9 Å². The first kappa shape index (κ1) is 15.2. The van der Waals surface area contributed by atoms with Gasteiger partial charge in [-0.15, -0.1) is 0 Å². The number of nitrogens with one attached hydrogen (secondary N) is 1. The van der Waals surface area contributed by atoms with Gasteiger partial charge >= 0.3 is 0 Å².